The van der Waals surface area contributed by atoms with E-state index in [1.807, 2.05) is 18.2 Å². The minimum atomic E-state index is -0.363. The minimum absolute atomic E-state index is 0.357. The molecule has 2 aliphatic rings. The van der Waals surface area contributed by atoms with Crippen molar-refractivity contribution < 1.29 is 14.5 Å². The highest BCUT2D eigenvalue weighted by Gasteiger charge is 2.35. The van der Waals surface area contributed by atoms with Crippen LogP contribution in [0.5, 0.6) is 0 Å². The van der Waals surface area contributed by atoms with Gasteiger partial charge in [-0.2, -0.15) is 0 Å². The molecule has 100 valence electrons. The number of amides is 1. The molecule has 0 aliphatic carbocycles. The fourth-order valence-electron chi connectivity index (χ4n) is 3.04. The molecular weight excluding hydrogens is 240 g/mol. The molecule has 1 fully saturated rings. The summed E-state index contributed by atoms with van der Waals surface area (Å²) in [5.41, 5.74) is 1.34. The largest absolute Gasteiger partial charge is 0.333 e. The predicted octanol–water partition coefficient (Wildman–Crippen LogP) is 0.285. The lowest BCUT2D eigenvalue weighted by atomic mass is 10.1. The summed E-state index contributed by atoms with van der Waals surface area (Å²) in [6, 6.07) is 7.29. The molecule has 0 atom stereocenters. The number of para-hydroxylation sites is 1. The number of carbonyl (C=O) groups excluding carboxylic acids is 2. The van der Waals surface area contributed by atoms with E-state index in [4.69, 9.17) is 0 Å². The Bertz CT molecular complexity index is 507. The van der Waals surface area contributed by atoms with Crippen molar-refractivity contribution in [3.05, 3.63) is 29.8 Å². The van der Waals surface area contributed by atoms with Crippen LogP contribution in [0.1, 0.15) is 29.6 Å². The summed E-state index contributed by atoms with van der Waals surface area (Å²) in [7, 11) is 0. The Hall–Kier alpha value is -1.68. The van der Waals surface area contributed by atoms with Crippen LogP contribution in [0.2, 0.25) is 0 Å². The van der Waals surface area contributed by atoms with Gasteiger partial charge in [-0.1, -0.05) is 12.1 Å². The molecule has 1 N–H and O–H groups in total. The first-order chi connectivity index (χ1) is 9.27. The van der Waals surface area contributed by atoms with Crippen LogP contribution < -0.4 is 9.80 Å². The number of nitrogens with zero attached hydrogens (tertiary/aromatic N) is 1. The smallest absolute Gasteiger partial charge is 0.299 e. The highest BCUT2D eigenvalue weighted by Crippen LogP contribution is 2.27. The molecule has 1 saturated heterocycles. The second kappa shape index (κ2) is 5.13. The van der Waals surface area contributed by atoms with Crippen LogP contribution in [0.3, 0.4) is 0 Å². The van der Waals surface area contributed by atoms with Crippen molar-refractivity contribution in [1.29, 1.82) is 0 Å². The van der Waals surface area contributed by atoms with Gasteiger partial charge < -0.3 is 4.90 Å². The Labute approximate surface area is 113 Å². The summed E-state index contributed by atoms with van der Waals surface area (Å²) >= 11 is 0. The molecule has 4 heteroatoms. The minimum Gasteiger partial charge on any atom is -0.333 e. The average Bonchev–Trinajstić information content (AvgIpc) is 2.71. The van der Waals surface area contributed by atoms with Crippen LogP contribution in [-0.4, -0.2) is 37.9 Å². The molecule has 1 aromatic rings. The molecular formula is C15H19N2O2+. The first kappa shape index (κ1) is 12.4. The number of Topliss-reactive ketones (excluding diaryl/α,β-unsaturated/α-hetero) is 1. The topological polar surface area (TPSA) is 41.8 Å². The number of hydrogen-bond acceptors (Lipinski definition) is 2. The number of ketones is 1. The number of carbonyl (C=O) groups is 2. The van der Waals surface area contributed by atoms with Crippen molar-refractivity contribution >= 4 is 17.4 Å². The van der Waals surface area contributed by atoms with Gasteiger partial charge in [-0.25, -0.2) is 0 Å². The number of likely N-dealkylation sites (tertiary alicyclic amines) is 1. The van der Waals surface area contributed by atoms with E-state index >= 15 is 0 Å². The normalized spacial score (nSPS) is 19.9. The predicted molar refractivity (Wildman–Crippen MR) is 72.5 cm³/mol. The summed E-state index contributed by atoms with van der Waals surface area (Å²) in [5, 5.41) is 0. The second-order valence-electron chi connectivity index (χ2n) is 5.36. The maximum atomic E-state index is 12.0. The molecule has 0 unspecified atom stereocenters. The summed E-state index contributed by atoms with van der Waals surface area (Å²) in [6.45, 7) is 3.97. The third-order valence-electron chi connectivity index (χ3n) is 4.13. The van der Waals surface area contributed by atoms with Gasteiger partial charge in [0, 0.05) is 0 Å². The van der Waals surface area contributed by atoms with E-state index in [1.54, 1.807) is 15.9 Å². The third-order valence-corrected chi connectivity index (χ3v) is 4.13. The summed E-state index contributed by atoms with van der Waals surface area (Å²) in [5.74, 6) is -0.721. The van der Waals surface area contributed by atoms with E-state index in [0.717, 1.165) is 12.2 Å². The van der Waals surface area contributed by atoms with Crippen LogP contribution in [0.4, 0.5) is 5.69 Å². The molecule has 4 nitrogen and oxygen atoms in total. The maximum Gasteiger partial charge on any atom is 0.299 e. The number of nitrogens with one attached hydrogen (secondary N) is 1. The quantitative estimate of drug-likeness (QED) is 0.793. The van der Waals surface area contributed by atoms with Gasteiger partial charge >= 0.3 is 0 Å². The van der Waals surface area contributed by atoms with Crippen molar-refractivity contribution in [1.82, 2.24) is 0 Å². The van der Waals surface area contributed by atoms with Crippen LogP contribution >= 0.6 is 0 Å². The number of anilines is 1. The fourth-order valence-corrected chi connectivity index (χ4v) is 3.04. The van der Waals surface area contributed by atoms with Crippen molar-refractivity contribution in [2.75, 3.05) is 31.1 Å². The number of benzene rings is 1. The molecule has 0 bridgehead atoms. The lowest BCUT2D eigenvalue weighted by Crippen LogP contribution is -3.13. The molecule has 0 saturated carbocycles. The van der Waals surface area contributed by atoms with E-state index < -0.39 is 0 Å². The first-order valence-electron chi connectivity index (χ1n) is 7.06. The monoisotopic (exact) mass is 259 g/mol. The van der Waals surface area contributed by atoms with Crippen molar-refractivity contribution in [3.8, 4) is 0 Å². The van der Waals surface area contributed by atoms with Gasteiger partial charge in [0.05, 0.1) is 37.4 Å². The van der Waals surface area contributed by atoms with Crippen LogP contribution in [0, 0.1) is 0 Å². The summed E-state index contributed by atoms with van der Waals surface area (Å²) < 4.78 is 0. The van der Waals surface area contributed by atoms with Gasteiger partial charge in [-0.05, 0) is 31.4 Å². The van der Waals surface area contributed by atoms with E-state index in [-0.39, 0.29) is 11.7 Å². The van der Waals surface area contributed by atoms with Gasteiger partial charge in [-0.3, -0.25) is 14.5 Å². The van der Waals surface area contributed by atoms with Gasteiger partial charge in [0.25, 0.3) is 11.7 Å². The zero-order valence-electron chi connectivity index (χ0n) is 11.0. The highest BCUT2D eigenvalue weighted by molar-refractivity contribution is 6.52. The van der Waals surface area contributed by atoms with Crippen molar-refractivity contribution in [3.63, 3.8) is 0 Å². The first-order valence-corrected chi connectivity index (χ1v) is 7.06. The molecule has 1 amide bonds. The van der Waals surface area contributed by atoms with Crippen molar-refractivity contribution in [2.45, 2.75) is 19.3 Å². The number of hydrogen-bond donors (Lipinski definition) is 1. The number of piperidine rings is 1. The van der Waals surface area contributed by atoms with E-state index in [0.29, 0.717) is 12.1 Å². The van der Waals surface area contributed by atoms with Crippen LogP contribution in [0.25, 0.3) is 0 Å². The maximum absolute atomic E-state index is 12.0. The summed E-state index contributed by atoms with van der Waals surface area (Å²) in [4.78, 5) is 27.1. The second-order valence-corrected chi connectivity index (χ2v) is 5.36. The van der Waals surface area contributed by atoms with Gasteiger partial charge in [0.2, 0.25) is 0 Å². The molecule has 2 aliphatic heterocycles. The third kappa shape index (κ3) is 2.28. The Kier molecular flexibility index (Phi) is 3.34. The average molecular weight is 259 g/mol. The van der Waals surface area contributed by atoms with E-state index in [1.165, 1.54) is 32.4 Å². The van der Waals surface area contributed by atoms with Gasteiger partial charge in [0.15, 0.2) is 0 Å². The number of rotatable bonds is 3. The lowest BCUT2D eigenvalue weighted by molar-refractivity contribution is -0.903. The Morgan fingerprint density at radius 3 is 2.58 bits per heavy atom. The highest BCUT2D eigenvalue weighted by atomic mass is 16.2. The Morgan fingerprint density at radius 2 is 1.79 bits per heavy atom. The van der Waals surface area contributed by atoms with Crippen LogP contribution in [-0.2, 0) is 4.79 Å². The number of fused-ring (bicyclic) bond motifs is 1. The molecule has 2 heterocycles. The van der Waals surface area contributed by atoms with Gasteiger partial charge in [0.1, 0.15) is 0 Å². The Balaban J connectivity index is 1.71. The number of quaternary nitrogens is 1. The molecule has 0 spiro atoms. The van der Waals surface area contributed by atoms with E-state index in [9.17, 15) is 9.59 Å². The summed E-state index contributed by atoms with van der Waals surface area (Å²) in [6.07, 6.45) is 3.88. The zero-order chi connectivity index (χ0) is 13.2. The molecule has 0 aromatic heterocycles. The van der Waals surface area contributed by atoms with E-state index in [2.05, 4.69) is 0 Å². The molecule has 0 radical (unpaired) electrons. The molecule has 1 aromatic carbocycles. The fraction of sp³-hybridized carbons (Fsp3) is 0.467. The standard InChI is InChI=1S/C15H18N2O2/c18-14-12-6-2-3-7-13(12)17(15(14)19)11-10-16-8-4-1-5-9-16/h2-3,6-7H,1,4-5,8-11H2/p+1. The lowest BCUT2D eigenvalue weighted by Gasteiger charge is -2.25. The Morgan fingerprint density at radius 1 is 1.05 bits per heavy atom. The zero-order valence-corrected chi connectivity index (χ0v) is 11.0. The van der Waals surface area contributed by atoms with Crippen molar-refractivity contribution in [2.24, 2.45) is 0 Å². The van der Waals surface area contributed by atoms with Gasteiger partial charge in [-0.15, -0.1) is 0 Å². The van der Waals surface area contributed by atoms with Crippen LogP contribution in [0.15, 0.2) is 24.3 Å². The SMILES string of the molecule is O=C1C(=O)N(CC[NH+]2CCCCC2)c2ccccc21. The molecule has 19 heavy (non-hydrogen) atoms. The molecule has 3 rings (SSSR count).